The number of hydrogen-bond acceptors (Lipinski definition) is 4. The Morgan fingerprint density at radius 3 is 2.03 bits per heavy atom. The van der Waals surface area contributed by atoms with Gasteiger partial charge in [0.15, 0.2) is 0 Å². The van der Waals surface area contributed by atoms with E-state index >= 15 is 0 Å². The van der Waals surface area contributed by atoms with E-state index in [-0.39, 0.29) is 13.0 Å². The lowest BCUT2D eigenvalue weighted by Crippen LogP contribution is -2.26. The maximum absolute atomic E-state index is 12.8. The van der Waals surface area contributed by atoms with Gasteiger partial charge in [-0.1, -0.05) is 66.7 Å². The van der Waals surface area contributed by atoms with Crippen LogP contribution in [0.3, 0.4) is 0 Å². The third-order valence-corrected chi connectivity index (χ3v) is 5.53. The van der Waals surface area contributed by atoms with E-state index in [4.69, 9.17) is 15.7 Å². The Balaban J connectivity index is 1.50. The van der Waals surface area contributed by atoms with E-state index in [1.54, 1.807) is 22.9 Å². The molecule has 6 heteroatoms. The largest absolute Gasteiger partial charge is 0.459 e. The summed E-state index contributed by atoms with van der Waals surface area (Å²) in [5.41, 5.74) is 10.8. The van der Waals surface area contributed by atoms with Crippen LogP contribution in [0.5, 0.6) is 0 Å². The van der Waals surface area contributed by atoms with E-state index in [0.717, 1.165) is 27.8 Å². The molecule has 4 rings (SSSR count). The van der Waals surface area contributed by atoms with E-state index in [2.05, 4.69) is 6.07 Å². The number of aromatic nitrogens is 1. The van der Waals surface area contributed by atoms with Gasteiger partial charge in [-0.3, -0.25) is 4.79 Å². The number of esters is 1. The molecule has 0 bridgehead atoms. The summed E-state index contributed by atoms with van der Waals surface area (Å²) >= 11 is 0. The molecule has 1 amide bonds. The van der Waals surface area contributed by atoms with Crippen molar-refractivity contribution in [2.24, 2.45) is 5.73 Å². The first-order chi connectivity index (χ1) is 16.5. The maximum atomic E-state index is 12.8. The van der Waals surface area contributed by atoms with Gasteiger partial charge in [-0.2, -0.15) is 5.26 Å². The minimum atomic E-state index is -0.840. The number of hydrogen-bond donors (Lipinski definition) is 1. The normalized spacial score (nSPS) is 11.4. The Bertz CT molecular complexity index is 1320. The summed E-state index contributed by atoms with van der Waals surface area (Å²) in [6.07, 6.45) is 3.41. The minimum Gasteiger partial charge on any atom is -0.459 e. The molecule has 0 radical (unpaired) electrons. The molecule has 2 N–H and O–H groups in total. The Morgan fingerprint density at radius 1 is 0.853 bits per heavy atom. The number of nitrogens with two attached hydrogens (primary N) is 1. The highest BCUT2D eigenvalue weighted by molar-refractivity contribution is 5.83. The van der Waals surface area contributed by atoms with Crippen molar-refractivity contribution in [1.82, 2.24) is 4.57 Å². The molecule has 1 aromatic heterocycles. The van der Waals surface area contributed by atoms with Crippen LogP contribution in [0.4, 0.5) is 0 Å². The molecule has 0 unspecified atom stereocenters. The predicted octanol–water partition coefficient (Wildman–Crippen LogP) is 4.85. The van der Waals surface area contributed by atoms with Crippen LogP contribution in [0.15, 0.2) is 97.3 Å². The smallest absolute Gasteiger partial charge is 0.329 e. The monoisotopic (exact) mass is 449 g/mol. The Hall–Kier alpha value is -4.63. The zero-order valence-electron chi connectivity index (χ0n) is 18.4. The average Bonchev–Trinajstić information content (AvgIpc) is 3.36. The first-order valence-electron chi connectivity index (χ1n) is 10.8. The summed E-state index contributed by atoms with van der Waals surface area (Å²) in [6, 6.07) is 27.9. The lowest BCUT2D eigenvalue weighted by atomic mass is 10.0. The van der Waals surface area contributed by atoms with Gasteiger partial charge in [-0.05, 0) is 46.0 Å². The summed E-state index contributed by atoms with van der Waals surface area (Å²) in [7, 11) is 0. The molecule has 6 nitrogen and oxygen atoms in total. The number of carbonyl (C=O) groups excluding carboxylic acids is 2. The van der Waals surface area contributed by atoms with Crippen molar-refractivity contribution in [3.63, 3.8) is 0 Å². The maximum Gasteiger partial charge on any atom is 0.329 e. The number of rotatable bonds is 8. The number of amides is 1. The fourth-order valence-corrected chi connectivity index (χ4v) is 3.70. The molecule has 1 heterocycles. The van der Waals surface area contributed by atoms with Crippen LogP contribution in [0.25, 0.3) is 22.3 Å². The zero-order chi connectivity index (χ0) is 23.9. The highest BCUT2D eigenvalue weighted by atomic mass is 16.5. The standard InChI is InChI=1S/C28H23N3O3/c29-17-20-6-8-22(9-7-20)23-10-12-24(13-11-23)25-14-15-31(18-25)26(16-27(30)32)28(33)34-19-21-4-2-1-3-5-21/h1-15,18,26H,16,19H2,(H2,30,32)/t26-/m1/s1. The van der Waals surface area contributed by atoms with E-state index in [9.17, 15) is 9.59 Å². The van der Waals surface area contributed by atoms with Crippen molar-refractivity contribution in [2.75, 3.05) is 0 Å². The highest BCUT2D eigenvalue weighted by Gasteiger charge is 2.24. The summed E-state index contributed by atoms with van der Waals surface area (Å²) in [5, 5.41) is 8.96. The molecular weight excluding hydrogens is 426 g/mol. The number of nitrogens with zero attached hydrogens (tertiary/aromatic N) is 2. The molecule has 1 atom stereocenters. The molecule has 3 aromatic carbocycles. The molecule has 168 valence electrons. The van der Waals surface area contributed by atoms with Crippen LogP contribution in [0, 0.1) is 11.3 Å². The second kappa shape index (κ2) is 10.3. The molecule has 4 aromatic rings. The highest BCUT2D eigenvalue weighted by Crippen LogP contribution is 2.27. The van der Waals surface area contributed by atoms with Crippen molar-refractivity contribution < 1.29 is 14.3 Å². The molecular formula is C28H23N3O3. The van der Waals surface area contributed by atoms with Gasteiger partial charge in [-0.25, -0.2) is 4.79 Å². The molecule has 0 aliphatic carbocycles. The van der Waals surface area contributed by atoms with Crippen LogP contribution < -0.4 is 5.73 Å². The number of ether oxygens (including phenoxy) is 1. The lowest BCUT2D eigenvalue weighted by molar-refractivity contribution is -0.150. The summed E-state index contributed by atoms with van der Waals surface area (Å²) in [5.74, 6) is -1.09. The van der Waals surface area contributed by atoms with Crippen molar-refractivity contribution in [3.05, 3.63) is 108 Å². The van der Waals surface area contributed by atoms with Gasteiger partial charge in [0.25, 0.3) is 0 Å². The molecule has 0 saturated heterocycles. The molecule has 34 heavy (non-hydrogen) atoms. The van der Waals surface area contributed by atoms with E-state index in [1.807, 2.05) is 79.0 Å². The first kappa shape index (κ1) is 22.6. The van der Waals surface area contributed by atoms with Crippen LogP contribution in [-0.4, -0.2) is 16.4 Å². The molecule has 0 saturated carbocycles. The minimum absolute atomic E-state index is 0.125. The second-order valence-electron chi connectivity index (χ2n) is 7.89. The van der Waals surface area contributed by atoms with Crippen LogP contribution in [0.2, 0.25) is 0 Å². The lowest BCUT2D eigenvalue weighted by Gasteiger charge is -2.16. The molecule has 0 aliphatic rings. The number of benzene rings is 3. The topological polar surface area (TPSA) is 98.1 Å². The van der Waals surface area contributed by atoms with E-state index in [1.165, 1.54) is 0 Å². The molecule has 0 fully saturated rings. The van der Waals surface area contributed by atoms with Gasteiger partial charge in [0, 0.05) is 12.4 Å². The third-order valence-electron chi connectivity index (χ3n) is 5.53. The molecule has 0 spiro atoms. The third kappa shape index (κ3) is 5.40. The summed E-state index contributed by atoms with van der Waals surface area (Å²) < 4.78 is 7.12. The fourth-order valence-electron chi connectivity index (χ4n) is 3.70. The average molecular weight is 450 g/mol. The van der Waals surface area contributed by atoms with Crippen molar-refractivity contribution in [1.29, 1.82) is 5.26 Å². The van der Waals surface area contributed by atoms with Gasteiger partial charge < -0.3 is 15.0 Å². The number of carbonyl (C=O) groups is 2. The van der Waals surface area contributed by atoms with Crippen LogP contribution in [-0.2, 0) is 20.9 Å². The fraction of sp³-hybridized carbons (Fsp3) is 0.107. The number of primary amides is 1. The zero-order valence-corrected chi connectivity index (χ0v) is 18.4. The van der Waals surface area contributed by atoms with E-state index < -0.39 is 17.9 Å². The van der Waals surface area contributed by atoms with Gasteiger partial charge >= 0.3 is 5.97 Å². The van der Waals surface area contributed by atoms with Crippen molar-refractivity contribution in [2.45, 2.75) is 19.1 Å². The van der Waals surface area contributed by atoms with Gasteiger partial charge in [0.1, 0.15) is 12.6 Å². The van der Waals surface area contributed by atoms with Crippen LogP contribution >= 0.6 is 0 Å². The predicted molar refractivity (Wildman–Crippen MR) is 129 cm³/mol. The SMILES string of the molecule is N#Cc1ccc(-c2ccc(-c3ccn([C@H](CC(N)=O)C(=O)OCc4ccccc4)c3)cc2)cc1. The van der Waals surface area contributed by atoms with Crippen molar-refractivity contribution >= 4 is 11.9 Å². The van der Waals surface area contributed by atoms with Crippen molar-refractivity contribution in [3.8, 4) is 28.3 Å². The van der Waals surface area contributed by atoms with E-state index in [0.29, 0.717) is 5.56 Å². The quantitative estimate of drug-likeness (QED) is 0.389. The Kier molecular flexibility index (Phi) is 6.85. The molecule has 0 aliphatic heterocycles. The Labute approximate surface area is 197 Å². The van der Waals surface area contributed by atoms with Gasteiger partial charge in [0.2, 0.25) is 5.91 Å². The Morgan fingerprint density at radius 2 is 1.44 bits per heavy atom. The van der Waals surface area contributed by atoms with Gasteiger partial charge in [0.05, 0.1) is 18.1 Å². The number of nitriles is 1. The second-order valence-corrected chi connectivity index (χ2v) is 7.89. The van der Waals surface area contributed by atoms with Crippen LogP contribution in [0.1, 0.15) is 23.6 Å². The summed E-state index contributed by atoms with van der Waals surface area (Å²) in [4.78, 5) is 24.4. The van der Waals surface area contributed by atoms with Gasteiger partial charge in [-0.15, -0.1) is 0 Å². The first-order valence-corrected chi connectivity index (χ1v) is 10.8. The summed E-state index contributed by atoms with van der Waals surface area (Å²) in [6.45, 7) is 0.125.